The fourth-order valence-corrected chi connectivity index (χ4v) is 3.26. The molecule has 0 radical (unpaired) electrons. The lowest BCUT2D eigenvalue weighted by Crippen LogP contribution is -1.97. The van der Waals surface area contributed by atoms with Crippen LogP contribution in [0.5, 0.6) is 11.5 Å². The van der Waals surface area contributed by atoms with Gasteiger partial charge in [-0.25, -0.2) is 0 Å². The Morgan fingerprint density at radius 2 is 1.52 bits per heavy atom. The second kappa shape index (κ2) is 7.38. The molecule has 4 aromatic carbocycles. The molecule has 4 heteroatoms. The highest BCUT2D eigenvalue weighted by molar-refractivity contribution is 6.01. The molecule has 27 heavy (non-hydrogen) atoms. The maximum Gasteiger partial charge on any atom is 0.135 e. The van der Waals surface area contributed by atoms with E-state index in [0.29, 0.717) is 0 Å². The van der Waals surface area contributed by atoms with Gasteiger partial charge in [0, 0.05) is 16.3 Å². The number of hydrazone groups is 1. The molecule has 0 fully saturated rings. The average molecular weight is 356 g/mol. The molecule has 0 saturated heterocycles. The third kappa shape index (κ3) is 3.29. The van der Waals surface area contributed by atoms with Gasteiger partial charge in [0.25, 0.3) is 0 Å². The summed E-state index contributed by atoms with van der Waals surface area (Å²) < 4.78 is 11.2. The molecule has 0 amide bonds. The van der Waals surface area contributed by atoms with E-state index in [4.69, 9.17) is 9.47 Å². The maximum absolute atomic E-state index is 5.64. The molecule has 134 valence electrons. The number of benzene rings is 4. The SMILES string of the molecule is COc1cc(/C=N/Nc2ccc3ccccc3c2)c(OC)c2ccccc12. The first-order valence-corrected chi connectivity index (χ1v) is 8.72. The number of ether oxygens (including phenoxy) is 2. The summed E-state index contributed by atoms with van der Waals surface area (Å²) >= 11 is 0. The summed E-state index contributed by atoms with van der Waals surface area (Å²) in [4.78, 5) is 0. The molecule has 0 bridgehead atoms. The lowest BCUT2D eigenvalue weighted by molar-refractivity contribution is 0.410. The minimum atomic E-state index is 0.774. The average Bonchev–Trinajstić information content (AvgIpc) is 2.73. The third-order valence-corrected chi connectivity index (χ3v) is 4.56. The molecule has 1 N–H and O–H groups in total. The zero-order chi connectivity index (χ0) is 18.6. The van der Waals surface area contributed by atoms with Gasteiger partial charge in [-0.1, -0.05) is 54.6 Å². The molecule has 0 aromatic heterocycles. The number of hydrogen-bond acceptors (Lipinski definition) is 4. The van der Waals surface area contributed by atoms with E-state index in [1.807, 2.05) is 48.5 Å². The van der Waals surface area contributed by atoms with Crippen molar-refractivity contribution in [1.82, 2.24) is 0 Å². The first-order valence-electron chi connectivity index (χ1n) is 8.72. The molecular weight excluding hydrogens is 336 g/mol. The predicted molar refractivity (Wildman–Crippen MR) is 112 cm³/mol. The molecule has 0 heterocycles. The Kier molecular flexibility index (Phi) is 4.62. The van der Waals surface area contributed by atoms with Crippen LogP contribution in [0, 0.1) is 0 Å². The summed E-state index contributed by atoms with van der Waals surface area (Å²) in [5.41, 5.74) is 4.87. The first-order chi connectivity index (χ1) is 13.3. The van der Waals surface area contributed by atoms with Crippen molar-refractivity contribution in [2.45, 2.75) is 0 Å². The van der Waals surface area contributed by atoms with Crippen LogP contribution in [-0.4, -0.2) is 20.4 Å². The second-order valence-electron chi connectivity index (χ2n) is 6.18. The molecule has 0 aliphatic heterocycles. The van der Waals surface area contributed by atoms with E-state index in [1.165, 1.54) is 10.8 Å². The fraction of sp³-hybridized carbons (Fsp3) is 0.0870. The van der Waals surface area contributed by atoms with Crippen molar-refractivity contribution in [3.63, 3.8) is 0 Å². The van der Waals surface area contributed by atoms with E-state index in [-0.39, 0.29) is 0 Å². The van der Waals surface area contributed by atoms with E-state index in [9.17, 15) is 0 Å². The molecule has 0 aliphatic carbocycles. The number of anilines is 1. The van der Waals surface area contributed by atoms with Crippen molar-refractivity contribution in [2.75, 3.05) is 19.6 Å². The van der Waals surface area contributed by atoms with E-state index in [0.717, 1.165) is 33.5 Å². The lowest BCUT2D eigenvalue weighted by atomic mass is 10.0. The Morgan fingerprint density at radius 3 is 2.30 bits per heavy atom. The predicted octanol–water partition coefficient (Wildman–Crippen LogP) is 5.46. The van der Waals surface area contributed by atoms with Crippen molar-refractivity contribution in [3.8, 4) is 11.5 Å². The Hall–Kier alpha value is -3.53. The topological polar surface area (TPSA) is 42.8 Å². The normalized spacial score (nSPS) is 11.2. The van der Waals surface area contributed by atoms with Crippen LogP contribution < -0.4 is 14.9 Å². The summed E-state index contributed by atoms with van der Waals surface area (Å²) in [5, 5.41) is 8.77. The summed E-state index contributed by atoms with van der Waals surface area (Å²) in [7, 11) is 3.34. The van der Waals surface area contributed by atoms with Crippen molar-refractivity contribution in [1.29, 1.82) is 0 Å². The first kappa shape index (κ1) is 16.9. The van der Waals surface area contributed by atoms with Crippen molar-refractivity contribution in [2.24, 2.45) is 5.10 Å². The lowest BCUT2D eigenvalue weighted by Gasteiger charge is -2.12. The zero-order valence-corrected chi connectivity index (χ0v) is 15.3. The van der Waals surface area contributed by atoms with Crippen LogP contribution in [0.3, 0.4) is 0 Å². The smallest absolute Gasteiger partial charge is 0.135 e. The van der Waals surface area contributed by atoms with Gasteiger partial charge in [-0.3, -0.25) is 5.43 Å². The highest BCUT2D eigenvalue weighted by Gasteiger charge is 2.11. The van der Waals surface area contributed by atoms with Crippen LogP contribution in [-0.2, 0) is 0 Å². The van der Waals surface area contributed by atoms with E-state index in [1.54, 1.807) is 20.4 Å². The van der Waals surface area contributed by atoms with Gasteiger partial charge in [0.2, 0.25) is 0 Å². The van der Waals surface area contributed by atoms with Crippen LogP contribution in [0.25, 0.3) is 21.5 Å². The molecule has 4 nitrogen and oxygen atoms in total. The minimum absolute atomic E-state index is 0.774. The number of hydrogen-bond donors (Lipinski definition) is 1. The van der Waals surface area contributed by atoms with Crippen LogP contribution in [0.2, 0.25) is 0 Å². The zero-order valence-electron chi connectivity index (χ0n) is 15.3. The molecule has 0 spiro atoms. The van der Waals surface area contributed by atoms with Gasteiger partial charge in [0.15, 0.2) is 0 Å². The molecule has 0 unspecified atom stereocenters. The summed E-state index contributed by atoms with van der Waals surface area (Å²) in [6.07, 6.45) is 1.75. The maximum atomic E-state index is 5.64. The van der Waals surface area contributed by atoms with E-state index >= 15 is 0 Å². The largest absolute Gasteiger partial charge is 0.496 e. The van der Waals surface area contributed by atoms with Crippen molar-refractivity contribution < 1.29 is 9.47 Å². The molecule has 4 aromatic rings. The van der Waals surface area contributed by atoms with Gasteiger partial charge >= 0.3 is 0 Å². The summed E-state index contributed by atoms with van der Waals surface area (Å²) in [6.45, 7) is 0. The molecule has 4 rings (SSSR count). The van der Waals surface area contributed by atoms with Gasteiger partial charge in [-0.2, -0.15) is 5.10 Å². The van der Waals surface area contributed by atoms with Crippen molar-refractivity contribution in [3.05, 3.63) is 78.4 Å². The van der Waals surface area contributed by atoms with Gasteiger partial charge in [-0.15, -0.1) is 0 Å². The molecular formula is C23H20N2O2. The van der Waals surface area contributed by atoms with Crippen LogP contribution in [0.15, 0.2) is 77.9 Å². The van der Waals surface area contributed by atoms with E-state index < -0.39 is 0 Å². The number of fused-ring (bicyclic) bond motifs is 2. The number of nitrogens with zero attached hydrogens (tertiary/aromatic N) is 1. The van der Waals surface area contributed by atoms with Gasteiger partial charge < -0.3 is 9.47 Å². The minimum Gasteiger partial charge on any atom is -0.496 e. The number of rotatable bonds is 5. The Balaban J connectivity index is 1.67. The monoisotopic (exact) mass is 356 g/mol. The standard InChI is InChI=1S/C23H20N2O2/c1-26-22-14-18(23(27-2)21-10-6-5-9-20(21)22)15-24-25-19-12-11-16-7-3-4-8-17(16)13-19/h3-15,25H,1-2H3/b24-15+. The second-order valence-corrected chi connectivity index (χ2v) is 6.18. The molecule has 0 saturated carbocycles. The van der Waals surface area contributed by atoms with E-state index in [2.05, 4.69) is 34.8 Å². The Morgan fingerprint density at radius 1 is 0.778 bits per heavy atom. The van der Waals surface area contributed by atoms with Crippen LogP contribution in [0.4, 0.5) is 5.69 Å². The third-order valence-electron chi connectivity index (χ3n) is 4.56. The van der Waals surface area contributed by atoms with Gasteiger partial charge in [0.05, 0.1) is 26.1 Å². The fourth-order valence-electron chi connectivity index (χ4n) is 3.26. The van der Waals surface area contributed by atoms with Crippen LogP contribution >= 0.6 is 0 Å². The number of methoxy groups -OCH3 is 2. The highest BCUT2D eigenvalue weighted by atomic mass is 16.5. The summed E-state index contributed by atoms with van der Waals surface area (Å²) in [6, 6.07) is 24.3. The quantitative estimate of drug-likeness (QED) is 0.382. The van der Waals surface area contributed by atoms with Crippen molar-refractivity contribution >= 4 is 33.4 Å². The van der Waals surface area contributed by atoms with Gasteiger partial charge in [0.1, 0.15) is 11.5 Å². The van der Waals surface area contributed by atoms with Crippen LogP contribution in [0.1, 0.15) is 5.56 Å². The number of nitrogens with one attached hydrogen (secondary N) is 1. The Bertz CT molecular complexity index is 1140. The molecule has 0 atom stereocenters. The summed E-state index contributed by atoms with van der Waals surface area (Å²) in [5.74, 6) is 1.56. The highest BCUT2D eigenvalue weighted by Crippen LogP contribution is 2.35. The Labute approximate surface area is 158 Å². The van der Waals surface area contributed by atoms with Gasteiger partial charge in [-0.05, 0) is 29.0 Å². The molecule has 0 aliphatic rings.